The molecule has 3 heterocycles. The number of ether oxygens (including phenoxy) is 1. The lowest BCUT2D eigenvalue weighted by Gasteiger charge is -2.31. The van der Waals surface area contributed by atoms with Crippen LogP contribution in [-0.4, -0.2) is 72.9 Å². The summed E-state index contributed by atoms with van der Waals surface area (Å²) in [4.78, 5) is 39.5. The first-order chi connectivity index (χ1) is 15.7. The van der Waals surface area contributed by atoms with E-state index in [1.54, 1.807) is 4.90 Å². The van der Waals surface area contributed by atoms with E-state index in [-0.39, 0.29) is 54.6 Å². The molecule has 0 unspecified atom stereocenters. The van der Waals surface area contributed by atoms with Gasteiger partial charge in [-0.3, -0.25) is 9.59 Å². The Morgan fingerprint density at radius 1 is 1.24 bits per heavy atom. The SMILES string of the molecule is C[C@@H]1[C@@H]([Si](C)(C)O)[C@H](CC(=O)N2CCC[C@H]2CO)O[C@@H]1CCc1cccc(N2CCC2=O)c1. The molecule has 3 aliphatic heterocycles. The molecule has 0 spiro atoms. The van der Waals surface area contributed by atoms with Gasteiger partial charge in [0, 0.05) is 30.7 Å². The van der Waals surface area contributed by atoms with Gasteiger partial charge in [-0.15, -0.1) is 0 Å². The van der Waals surface area contributed by atoms with Gasteiger partial charge in [0.15, 0.2) is 8.32 Å². The molecule has 2 amide bonds. The fraction of sp³-hybridized carbons (Fsp3) is 0.680. The standard InChI is InChI=1S/C25H38N2O5Si/c1-17-21(10-9-18-6-4-7-19(14-18)27-13-11-23(27)29)32-22(25(17)33(2,3)31)15-24(30)26-12-5-8-20(26)16-28/h4,6-7,14,17,20-22,25,28,31H,5,8-13,15-16H2,1-3H3/t17-,20-,21+,22-,25+/m0/s1. The maximum absolute atomic E-state index is 13.0. The molecule has 1 aromatic rings. The van der Waals surface area contributed by atoms with Crippen LogP contribution in [0.1, 0.15) is 44.6 Å². The highest BCUT2D eigenvalue weighted by Crippen LogP contribution is 2.46. The van der Waals surface area contributed by atoms with Crippen molar-refractivity contribution in [3.63, 3.8) is 0 Å². The molecule has 0 aromatic heterocycles. The lowest BCUT2D eigenvalue weighted by atomic mass is 9.94. The van der Waals surface area contributed by atoms with Gasteiger partial charge < -0.3 is 24.4 Å². The topological polar surface area (TPSA) is 90.3 Å². The van der Waals surface area contributed by atoms with Crippen LogP contribution >= 0.6 is 0 Å². The van der Waals surface area contributed by atoms with Crippen LogP contribution in [-0.2, 0) is 20.7 Å². The van der Waals surface area contributed by atoms with Crippen LogP contribution in [0.2, 0.25) is 18.6 Å². The van der Waals surface area contributed by atoms with Crippen molar-refractivity contribution in [2.24, 2.45) is 5.92 Å². The lowest BCUT2D eigenvalue weighted by molar-refractivity contribution is -0.135. The van der Waals surface area contributed by atoms with Gasteiger partial charge >= 0.3 is 0 Å². The van der Waals surface area contributed by atoms with Crippen LogP contribution in [0.15, 0.2) is 24.3 Å². The third-order valence-corrected chi connectivity index (χ3v) is 10.3. The zero-order valence-corrected chi connectivity index (χ0v) is 21.1. The molecule has 7 nitrogen and oxygen atoms in total. The monoisotopic (exact) mass is 474 g/mol. The number of aliphatic hydroxyl groups is 1. The molecule has 182 valence electrons. The number of likely N-dealkylation sites (tertiary alicyclic amines) is 1. The minimum Gasteiger partial charge on any atom is -0.432 e. The number of amides is 2. The zero-order valence-electron chi connectivity index (χ0n) is 20.1. The van der Waals surface area contributed by atoms with Gasteiger partial charge in [0.25, 0.3) is 0 Å². The van der Waals surface area contributed by atoms with Crippen molar-refractivity contribution in [2.75, 3.05) is 24.6 Å². The number of nitrogens with zero attached hydrogens (tertiary/aromatic N) is 2. The highest BCUT2D eigenvalue weighted by Gasteiger charge is 2.50. The number of hydrogen-bond donors (Lipinski definition) is 2. The molecule has 5 atom stereocenters. The fourth-order valence-electron chi connectivity index (χ4n) is 6.03. The summed E-state index contributed by atoms with van der Waals surface area (Å²) in [5.41, 5.74) is 2.12. The summed E-state index contributed by atoms with van der Waals surface area (Å²) < 4.78 is 6.46. The second-order valence-corrected chi connectivity index (χ2v) is 14.5. The smallest absolute Gasteiger partial charge is 0.228 e. The van der Waals surface area contributed by atoms with E-state index >= 15 is 0 Å². The summed E-state index contributed by atoms with van der Waals surface area (Å²) in [6.07, 6.45) is 3.99. The largest absolute Gasteiger partial charge is 0.432 e. The molecular weight excluding hydrogens is 436 g/mol. The van der Waals surface area contributed by atoms with Gasteiger partial charge in [-0.1, -0.05) is 19.1 Å². The Bertz CT molecular complexity index is 873. The zero-order chi connectivity index (χ0) is 23.8. The lowest BCUT2D eigenvalue weighted by Crippen LogP contribution is -2.43. The van der Waals surface area contributed by atoms with E-state index in [1.165, 1.54) is 5.56 Å². The molecule has 3 fully saturated rings. The summed E-state index contributed by atoms with van der Waals surface area (Å²) in [7, 11) is -2.55. The van der Waals surface area contributed by atoms with Crippen LogP contribution in [0.3, 0.4) is 0 Å². The quantitative estimate of drug-likeness (QED) is 0.447. The second kappa shape index (κ2) is 9.86. The molecule has 0 bridgehead atoms. The molecule has 0 radical (unpaired) electrons. The number of carbonyl (C=O) groups is 2. The van der Waals surface area contributed by atoms with Crippen LogP contribution in [0.4, 0.5) is 5.69 Å². The minimum atomic E-state index is -2.55. The summed E-state index contributed by atoms with van der Waals surface area (Å²) in [6, 6.07) is 8.05. The van der Waals surface area contributed by atoms with Crippen molar-refractivity contribution in [1.29, 1.82) is 0 Å². The minimum absolute atomic E-state index is 0.00204. The highest BCUT2D eigenvalue weighted by atomic mass is 28.4. The van der Waals surface area contributed by atoms with Crippen molar-refractivity contribution in [1.82, 2.24) is 4.90 Å². The molecule has 1 aromatic carbocycles. The number of β-lactam (4-membered cyclic amide) rings is 1. The van der Waals surface area contributed by atoms with Crippen molar-refractivity contribution in [2.45, 2.75) is 82.3 Å². The average Bonchev–Trinajstić information content (AvgIpc) is 3.35. The Morgan fingerprint density at radius 3 is 2.67 bits per heavy atom. The van der Waals surface area contributed by atoms with Gasteiger partial charge in [0.1, 0.15) is 0 Å². The van der Waals surface area contributed by atoms with Crippen molar-refractivity contribution in [3.8, 4) is 0 Å². The first kappa shape index (κ1) is 24.4. The van der Waals surface area contributed by atoms with Crippen molar-refractivity contribution < 1.29 is 24.2 Å². The van der Waals surface area contributed by atoms with Gasteiger partial charge in [-0.25, -0.2) is 0 Å². The summed E-state index contributed by atoms with van der Waals surface area (Å²) in [6.45, 7) is 7.51. The number of carbonyl (C=O) groups excluding carboxylic acids is 2. The van der Waals surface area contributed by atoms with Crippen LogP contribution in [0.5, 0.6) is 0 Å². The van der Waals surface area contributed by atoms with E-state index in [0.29, 0.717) is 13.0 Å². The van der Waals surface area contributed by atoms with E-state index in [2.05, 4.69) is 19.1 Å². The number of hydrogen-bond acceptors (Lipinski definition) is 5. The summed E-state index contributed by atoms with van der Waals surface area (Å²) in [5, 5.41) is 9.60. The Kier molecular flexibility index (Phi) is 7.28. The molecule has 3 aliphatic rings. The van der Waals surface area contributed by atoms with E-state index in [4.69, 9.17) is 4.74 Å². The third-order valence-electron chi connectivity index (χ3n) is 7.79. The summed E-state index contributed by atoms with van der Waals surface area (Å²) in [5.74, 6) is 0.369. The van der Waals surface area contributed by atoms with Gasteiger partial charge in [-0.2, -0.15) is 0 Å². The number of benzene rings is 1. The molecular formula is C25H38N2O5Si. The predicted octanol–water partition coefficient (Wildman–Crippen LogP) is 2.70. The van der Waals surface area contributed by atoms with E-state index < -0.39 is 8.32 Å². The summed E-state index contributed by atoms with van der Waals surface area (Å²) >= 11 is 0. The molecule has 4 rings (SSSR count). The molecule has 0 saturated carbocycles. The van der Waals surface area contributed by atoms with Crippen LogP contribution in [0.25, 0.3) is 0 Å². The highest BCUT2D eigenvalue weighted by molar-refractivity contribution is 6.71. The Labute approximate surface area is 197 Å². The predicted molar refractivity (Wildman–Crippen MR) is 129 cm³/mol. The Hall–Kier alpha value is -1.74. The molecule has 0 aliphatic carbocycles. The van der Waals surface area contributed by atoms with Crippen molar-refractivity contribution >= 4 is 25.8 Å². The average molecular weight is 475 g/mol. The molecule has 3 saturated heterocycles. The number of aryl methyl sites for hydroxylation is 1. The van der Waals surface area contributed by atoms with Gasteiger partial charge in [-0.05, 0) is 62.4 Å². The molecule has 2 N–H and O–H groups in total. The maximum Gasteiger partial charge on any atom is 0.228 e. The third kappa shape index (κ3) is 5.19. The van der Waals surface area contributed by atoms with Crippen LogP contribution in [0, 0.1) is 5.92 Å². The number of rotatable bonds is 8. The fourth-order valence-corrected chi connectivity index (χ4v) is 8.63. The number of anilines is 1. The van der Waals surface area contributed by atoms with Gasteiger partial charge in [0.2, 0.25) is 11.8 Å². The van der Waals surface area contributed by atoms with Gasteiger partial charge in [0.05, 0.1) is 31.3 Å². The van der Waals surface area contributed by atoms with E-state index in [0.717, 1.165) is 37.9 Å². The number of aliphatic hydroxyl groups excluding tert-OH is 1. The van der Waals surface area contributed by atoms with Crippen molar-refractivity contribution in [3.05, 3.63) is 29.8 Å². The first-order valence-electron chi connectivity index (χ1n) is 12.4. The normalized spacial score (nSPS) is 30.1. The molecule has 33 heavy (non-hydrogen) atoms. The molecule has 8 heteroatoms. The van der Waals surface area contributed by atoms with E-state index in [1.807, 2.05) is 30.1 Å². The Balaban J connectivity index is 1.41. The first-order valence-corrected chi connectivity index (χ1v) is 15.4. The Morgan fingerprint density at radius 2 is 2.03 bits per heavy atom. The van der Waals surface area contributed by atoms with E-state index in [9.17, 15) is 19.5 Å². The maximum atomic E-state index is 13.0. The second-order valence-electron chi connectivity index (χ2n) is 10.5. The van der Waals surface area contributed by atoms with Crippen LogP contribution < -0.4 is 4.90 Å².